The van der Waals surface area contributed by atoms with Gasteiger partial charge >= 0.3 is 5.97 Å². The fourth-order valence-corrected chi connectivity index (χ4v) is 2.66. The predicted octanol–water partition coefficient (Wildman–Crippen LogP) is 4.27. The van der Waals surface area contributed by atoms with Gasteiger partial charge in [-0.25, -0.2) is 0 Å². The summed E-state index contributed by atoms with van der Waals surface area (Å²) in [6, 6.07) is 6.35. The summed E-state index contributed by atoms with van der Waals surface area (Å²) in [5.41, 5.74) is 0.684. The van der Waals surface area contributed by atoms with Crippen molar-refractivity contribution < 1.29 is 9.53 Å². The largest absolute Gasteiger partial charge is 0.459 e. The first kappa shape index (κ1) is 18.3. The SMILES string of the molecule is CC(C)NCc1ccc(SCC(=O)OC(C)(C)C)c(Cl)c1. The van der Waals surface area contributed by atoms with Gasteiger partial charge in [0.1, 0.15) is 5.60 Å². The lowest BCUT2D eigenvalue weighted by molar-refractivity contribution is -0.151. The van der Waals surface area contributed by atoms with Crippen LogP contribution in [0.25, 0.3) is 0 Å². The molecule has 1 aromatic carbocycles. The van der Waals surface area contributed by atoms with Crippen molar-refractivity contribution in [3.63, 3.8) is 0 Å². The molecule has 118 valence electrons. The molecule has 1 aromatic rings. The molecule has 0 aliphatic heterocycles. The summed E-state index contributed by atoms with van der Waals surface area (Å²) in [5.74, 6) is 0.0368. The molecule has 0 saturated carbocycles. The normalized spacial score (nSPS) is 11.8. The highest BCUT2D eigenvalue weighted by Crippen LogP contribution is 2.28. The molecule has 0 unspecified atom stereocenters. The van der Waals surface area contributed by atoms with E-state index in [2.05, 4.69) is 19.2 Å². The fraction of sp³-hybridized carbons (Fsp3) is 0.562. The third kappa shape index (κ3) is 7.74. The zero-order valence-electron chi connectivity index (χ0n) is 13.3. The number of halogens is 1. The maximum atomic E-state index is 11.7. The average molecular weight is 330 g/mol. The lowest BCUT2D eigenvalue weighted by Gasteiger charge is -2.19. The highest BCUT2D eigenvalue weighted by atomic mass is 35.5. The molecule has 0 amide bonds. The molecule has 1 rings (SSSR count). The van der Waals surface area contributed by atoms with Gasteiger partial charge in [-0.15, -0.1) is 11.8 Å². The molecule has 21 heavy (non-hydrogen) atoms. The number of benzene rings is 1. The minimum Gasteiger partial charge on any atom is -0.459 e. The maximum absolute atomic E-state index is 11.7. The Balaban J connectivity index is 2.55. The van der Waals surface area contributed by atoms with Crippen LogP contribution in [0.1, 0.15) is 40.2 Å². The molecule has 0 aliphatic rings. The first-order valence-electron chi connectivity index (χ1n) is 7.04. The number of hydrogen-bond donors (Lipinski definition) is 1. The summed E-state index contributed by atoms with van der Waals surface area (Å²) in [6.07, 6.45) is 0. The number of carbonyl (C=O) groups excluding carboxylic acids is 1. The molecule has 0 aromatic heterocycles. The van der Waals surface area contributed by atoms with Crippen molar-refractivity contribution in [2.75, 3.05) is 5.75 Å². The lowest BCUT2D eigenvalue weighted by Crippen LogP contribution is -2.24. The molecular formula is C16H24ClNO2S. The second-order valence-corrected chi connectivity index (χ2v) is 7.60. The summed E-state index contributed by atoms with van der Waals surface area (Å²) in [6.45, 7) is 10.6. The van der Waals surface area contributed by atoms with Crippen molar-refractivity contribution in [2.24, 2.45) is 0 Å². The Morgan fingerprint density at radius 1 is 1.38 bits per heavy atom. The van der Waals surface area contributed by atoms with E-state index in [1.54, 1.807) is 0 Å². The molecule has 0 bridgehead atoms. The van der Waals surface area contributed by atoms with Crippen LogP contribution >= 0.6 is 23.4 Å². The van der Waals surface area contributed by atoms with Crippen molar-refractivity contribution in [3.05, 3.63) is 28.8 Å². The van der Waals surface area contributed by atoms with Crippen molar-refractivity contribution in [1.29, 1.82) is 0 Å². The van der Waals surface area contributed by atoms with Gasteiger partial charge < -0.3 is 10.1 Å². The number of rotatable bonds is 6. The number of carbonyl (C=O) groups is 1. The van der Waals surface area contributed by atoms with Crippen LogP contribution in [-0.2, 0) is 16.1 Å². The quantitative estimate of drug-likeness (QED) is 0.624. The van der Waals surface area contributed by atoms with Crippen LogP contribution in [0.5, 0.6) is 0 Å². The second kappa shape index (κ2) is 8.06. The number of esters is 1. The summed E-state index contributed by atoms with van der Waals surface area (Å²) in [7, 11) is 0. The highest BCUT2D eigenvalue weighted by Gasteiger charge is 2.16. The van der Waals surface area contributed by atoms with E-state index < -0.39 is 5.60 Å². The molecule has 0 spiro atoms. The fourth-order valence-electron chi connectivity index (χ4n) is 1.60. The van der Waals surface area contributed by atoms with Crippen molar-refractivity contribution in [3.8, 4) is 0 Å². The molecule has 1 N–H and O–H groups in total. The van der Waals surface area contributed by atoms with E-state index in [1.807, 2.05) is 39.0 Å². The molecule has 0 radical (unpaired) electrons. The maximum Gasteiger partial charge on any atom is 0.316 e. The molecule has 0 fully saturated rings. The Morgan fingerprint density at radius 3 is 2.57 bits per heavy atom. The van der Waals surface area contributed by atoms with Gasteiger partial charge in [0, 0.05) is 17.5 Å². The summed E-state index contributed by atoms with van der Waals surface area (Å²) >= 11 is 7.66. The first-order valence-corrected chi connectivity index (χ1v) is 8.40. The highest BCUT2D eigenvalue weighted by molar-refractivity contribution is 8.00. The van der Waals surface area contributed by atoms with Crippen LogP contribution in [-0.4, -0.2) is 23.4 Å². The second-order valence-electron chi connectivity index (χ2n) is 6.18. The lowest BCUT2D eigenvalue weighted by atomic mass is 10.2. The van der Waals surface area contributed by atoms with Gasteiger partial charge in [-0.1, -0.05) is 31.5 Å². The van der Waals surface area contributed by atoms with E-state index in [0.29, 0.717) is 11.1 Å². The van der Waals surface area contributed by atoms with Gasteiger partial charge in [-0.3, -0.25) is 4.79 Å². The van der Waals surface area contributed by atoms with E-state index in [9.17, 15) is 4.79 Å². The Hall–Kier alpha value is -0.710. The van der Waals surface area contributed by atoms with Crippen LogP contribution in [0.15, 0.2) is 23.1 Å². The number of hydrogen-bond acceptors (Lipinski definition) is 4. The van der Waals surface area contributed by atoms with E-state index in [0.717, 1.165) is 17.0 Å². The molecule has 0 atom stereocenters. The topological polar surface area (TPSA) is 38.3 Å². The Bertz CT molecular complexity index is 484. The van der Waals surface area contributed by atoms with Crippen molar-refractivity contribution in [1.82, 2.24) is 5.32 Å². The Morgan fingerprint density at radius 2 is 2.05 bits per heavy atom. The van der Waals surface area contributed by atoms with Crippen LogP contribution in [0.4, 0.5) is 0 Å². The van der Waals surface area contributed by atoms with E-state index in [-0.39, 0.29) is 11.7 Å². The monoisotopic (exact) mass is 329 g/mol. The standard InChI is InChI=1S/C16H24ClNO2S/c1-11(2)18-9-12-6-7-14(13(17)8-12)21-10-15(19)20-16(3,4)5/h6-8,11,18H,9-10H2,1-5H3. The zero-order valence-corrected chi connectivity index (χ0v) is 14.9. The van der Waals surface area contributed by atoms with E-state index in [1.165, 1.54) is 11.8 Å². The minimum absolute atomic E-state index is 0.228. The van der Waals surface area contributed by atoms with E-state index in [4.69, 9.17) is 16.3 Å². The Labute approximate surface area is 136 Å². The van der Waals surface area contributed by atoms with Crippen LogP contribution in [0.2, 0.25) is 5.02 Å². The van der Waals surface area contributed by atoms with E-state index >= 15 is 0 Å². The minimum atomic E-state index is -0.451. The van der Waals surface area contributed by atoms with Crippen LogP contribution in [0, 0.1) is 0 Å². The molecule has 5 heteroatoms. The van der Waals surface area contributed by atoms with Crippen LogP contribution in [0.3, 0.4) is 0 Å². The smallest absolute Gasteiger partial charge is 0.316 e. The van der Waals surface area contributed by atoms with Gasteiger partial charge in [0.15, 0.2) is 0 Å². The van der Waals surface area contributed by atoms with Crippen molar-refractivity contribution >= 4 is 29.3 Å². The molecule has 3 nitrogen and oxygen atoms in total. The molecule has 0 aliphatic carbocycles. The third-order valence-electron chi connectivity index (χ3n) is 2.48. The number of nitrogens with one attached hydrogen (secondary N) is 1. The number of ether oxygens (including phenoxy) is 1. The van der Waals surface area contributed by atoms with Crippen LogP contribution < -0.4 is 5.32 Å². The summed E-state index contributed by atoms with van der Waals surface area (Å²) < 4.78 is 5.28. The number of thioether (sulfide) groups is 1. The van der Waals surface area contributed by atoms with Gasteiger partial charge in [0.25, 0.3) is 0 Å². The molecule has 0 saturated heterocycles. The molecule has 0 heterocycles. The van der Waals surface area contributed by atoms with Gasteiger partial charge in [0.2, 0.25) is 0 Å². The summed E-state index contributed by atoms with van der Waals surface area (Å²) in [4.78, 5) is 12.6. The third-order valence-corrected chi connectivity index (χ3v) is 3.95. The van der Waals surface area contributed by atoms with Gasteiger partial charge in [0.05, 0.1) is 10.8 Å². The predicted molar refractivity (Wildman–Crippen MR) is 90.0 cm³/mol. The zero-order chi connectivity index (χ0) is 16.0. The van der Waals surface area contributed by atoms with Crippen molar-refractivity contribution in [2.45, 2.75) is 57.7 Å². The van der Waals surface area contributed by atoms with Gasteiger partial charge in [-0.2, -0.15) is 0 Å². The molecular weight excluding hydrogens is 306 g/mol. The van der Waals surface area contributed by atoms with Gasteiger partial charge in [-0.05, 0) is 38.5 Å². The Kier molecular flexibility index (Phi) is 7.04. The average Bonchev–Trinajstić information content (AvgIpc) is 2.33. The summed E-state index contributed by atoms with van der Waals surface area (Å²) in [5, 5.41) is 4.02. The first-order chi connectivity index (χ1) is 9.67.